The fraction of sp³-hybridized carbons (Fsp3) is 0.182. The molecule has 1 aromatic heterocycles. The van der Waals surface area contributed by atoms with Gasteiger partial charge >= 0.3 is 0 Å². The van der Waals surface area contributed by atoms with E-state index < -0.39 is 0 Å². The summed E-state index contributed by atoms with van der Waals surface area (Å²) in [6, 6.07) is 6.42. The van der Waals surface area contributed by atoms with E-state index in [0.29, 0.717) is 17.0 Å². The molecule has 78 valence electrons. The SMILES string of the molecule is Cc1c(CCl)noc1-c1ccccc1F. The minimum Gasteiger partial charge on any atom is -0.356 e. The third kappa shape index (κ3) is 1.75. The second-order valence-corrected chi connectivity index (χ2v) is 3.46. The van der Waals surface area contributed by atoms with Gasteiger partial charge in [-0.25, -0.2) is 4.39 Å². The first kappa shape index (κ1) is 10.2. The predicted octanol–water partition coefficient (Wildman–Crippen LogP) is 3.53. The Morgan fingerprint density at radius 1 is 1.40 bits per heavy atom. The molecule has 2 rings (SSSR count). The quantitative estimate of drug-likeness (QED) is 0.731. The normalized spacial score (nSPS) is 10.6. The molecule has 1 heterocycles. The van der Waals surface area contributed by atoms with E-state index in [1.165, 1.54) is 6.07 Å². The maximum Gasteiger partial charge on any atom is 0.173 e. The third-order valence-electron chi connectivity index (χ3n) is 2.27. The smallest absolute Gasteiger partial charge is 0.173 e. The summed E-state index contributed by atoms with van der Waals surface area (Å²) in [5, 5.41) is 3.78. The maximum atomic E-state index is 13.4. The molecule has 4 heteroatoms. The molecule has 0 aliphatic rings. The number of hydrogen-bond donors (Lipinski definition) is 0. The first-order valence-corrected chi connectivity index (χ1v) is 5.03. The van der Waals surface area contributed by atoms with Crippen LogP contribution in [0.3, 0.4) is 0 Å². The number of nitrogens with zero attached hydrogens (tertiary/aromatic N) is 1. The van der Waals surface area contributed by atoms with E-state index in [1.807, 2.05) is 6.92 Å². The summed E-state index contributed by atoms with van der Waals surface area (Å²) < 4.78 is 18.5. The van der Waals surface area contributed by atoms with Crippen LogP contribution in [-0.2, 0) is 5.88 Å². The van der Waals surface area contributed by atoms with Crippen molar-refractivity contribution >= 4 is 11.6 Å². The molecule has 0 saturated heterocycles. The Morgan fingerprint density at radius 3 is 2.73 bits per heavy atom. The number of aromatic nitrogens is 1. The molecule has 0 amide bonds. The van der Waals surface area contributed by atoms with Crippen molar-refractivity contribution in [1.29, 1.82) is 0 Å². The molecule has 15 heavy (non-hydrogen) atoms. The molecule has 0 N–H and O–H groups in total. The largest absolute Gasteiger partial charge is 0.356 e. The van der Waals surface area contributed by atoms with Crippen LogP contribution in [-0.4, -0.2) is 5.16 Å². The van der Waals surface area contributed by atoms with Gasteiger partial charge in [0.25, 0.3) is 0 Å². The summed E-state index contributed by atoms with van der Waals surface area (Å²) >= 11 is 5.66. The van der Waals surface area contributed by atoms with Crippen LogP contribution in [0, 0.1) is 12.7 Å². The van der Waals surface area contributed by atoms with Gasteiger partial charge in [-0.05, 0) is 19.1 Å². The molecule has 0 aliphatic carbocycles. The zero-order valence-electron chi connectivity index (χ0n) is 8.13. The van der Waals surface area contributed by atoms with E-state index >= 15 is 0 Å². The average molecular weight is 226 g/mol. The minimum atomic E-state index is -0.321. The molecule has 0 fully saturated rings. The Kier molecular flexibility index (Phi) is 2.73. The fourth-order valence-electron chi connectivity index (χ4n) is 1.39. The minimum absolute atomic E-state index is 0.268. The molecule has 0 saturated carbocycles. The highest BCUT2D eigenvalue weighted by molar-refractivity contribution is 6.17. The van der Waals surface area contributed by atoms with Crippen molar-refractivity contribution in [2.45, 2.75) is 12.8 Å². The number of alkyl halides is 1. The van der Waals surface area contributed by atoms with Crippen molar-refractivity contribution < 1.29 is 8.91 Å². The summed E-state index contributed by atoms with van der Waals surface area (Å²) in [5.41, 5.74) is 1.85. The van der Waals surface area contributed by atoms with Gasteiger partial charge in [0.15, 0.2) is 5.76 Å². The fourth-order valence-corrected chi connectivity index (χ4v) is 1.64. The molecule has 0 unspecified atom stereocenters. The summed E-state index contributed by atoms with van der Waals surface area (Å²) in [6.07, 6.45) is 0. The van der Waals surface area contributed by atoms with E-state index in [0.717, 1.165) is 5.56 Å². The van der Waals surface area contributed by atoms with E-state index in [9.17, 15) is 4.39 Å². The van der Waals surface area contributed by atoms with Crippen molar-refractivity contribution in [3.63, 3.8) is 0 Å². The van der Waals surface area contributed by atoms with Gasteiger partial charge in [-0.2, -0.15) is 0 Å². The Morgan fingerprint density at radius 2 is 2.13 bits per heavy atom. The second-order valence-electron chi connectivity index (χ2n) is 3.20. The third-order valence-corrected chi connectivity index (χ3v) is 2.52. The molecule has 2 aromatic rings. The van der Waals surface area contributed by atoms with Gasteiger partial charge in [-0.15, -0.1) is 11.6 Å². The van der Waals surface area contributed by atoms with Gasteiger partial charge in [0.05, 0.1) is 11.4 Å². The number of rotatable bonds is 2. The first-order valence-electron chi connectivity index (χ1n) is 4.50. The van der Waals surface area contributed by atoms with Crippen molar-refractivity contribution in [2.24, 2.45) is 0 Å². The van der Waals surface area contributed by atoms with Crippen LogP contribution < -0.4 is 0 Å². The van der Waals surface area contributed by atoms with Crippen LogP contribution in [0.5, 0.6) is 0 Å². The standard InChI is InChI=1S/C11H9ClFNO/c1-7-10(6-12)14-15-11(7)8-4-2-3-5-9(8)13/h2-5H,6H2,1H3. The Bertz CT molecular complexity index is 481. The molecule has 0 radical (unpaired) electrons. The van der Waals surface area contributed by atoms with Gasteiger partial charge in [-0.1, -0.05) is 17.3 Å². The molecule has 0 spiro atoms. The lowest BCUT2D eigenvalue weighted by Crippen LogP contribution is -1.85. The summed E-state index contributed by atoms with van der Waals surface area (Å²) in [7, 11) is 0. The summed E-state index contributed by atoms with van der Waals surface area (Å²) in [4.78, 5) is 0. The average Bonchev–Trinajstić information content (AvgIpc) is 2.60. The first-order chi connectivity index (χ1) is 7.24. The highest BCUT2D eigenvalue weighted by atomic mass is 35.5. The molecular weight excluding hydrogens is 217 g/mol. The van der Waals surface area contributed by atoms with Crippen LogP contribution >= 0.6 is 11.6 Å². The highest BCUT2D eigenvalue weighted by Gasteiger charge is 2.15. The van der Waals surface area contributed by atoms with Crippen molar-refractivity contribution in [2.75, 3.05) is 0 Å². The lowest BCUT2D eigenvalue weighted by atomic mass is 10.1. The van der Waals surface area contributed by atoms with E-state index in [1.54, 1.807) is 18.2 Å². The van der Waals surface area contributed by atoms with Crippen LogP contribution in [0.2, 0.25) is 0 Å². The van der Waals surface area contributed by atoms with Gasteiger partial charge in [-0.3, -0.25) is 0 Å². The summed E-state index contributed by atoms with van der Waals surface area (Å²) in [6.45, 7) is 1.82. The molecule has 2 nitrogen and oxygen atoms in total. The number of halogens is 2. The molecule has 0 atom stereocenters. The van der Waals surface area contributed by atoms with E-state index in [4.69, 9.17) is 16.1 Å². The van der Waals surface area contributed by atoms with Crippen molar-refractivity contribution in [1.82, 2.24) is 5.16 Å². The Labute approximate surface area is 91.7 Å². The van der Waals surface area contributed by atoms with Crippen LogP contribution in [0.4, 0.5) is 4.39 Å². The predicted molar refractivity (Wildman–Crippen MR) is 56.2 cm³/mol. The van der Waals surface area contributed by atoms with Crippen LogP contribution in [0.1, 0.15) is 11.3 Å². The zero-order chi connectivity index (χ0) is 10.8. The van der Waals surface area contributed by atoms with Gasteiger partial charge in [0.1, 0.15) is 11.5 Å². The van der Waals surface area contributed by atoms with Crippen LogP contribution in [0.25, 0.3) is 11.3 Å². The Balaban J connectivity index is 2.55. The summed E-state index contributed by atoms with van der Waals surface area (Å²) in [5.74, 6) is 0.394. The van der Waals surface area contributed by atoms with E-state index in [2.05, 4.69) is 5.16 Å². The van der Waals surface area contributed by atoms with Crippen molar-refractivity contribution in [3.05, 3.63) is 41.3 Å². The molecule has 0 bridgehead atoms. The lowest BCUT2D eigenvalue weighted by Gasteiger charge is -1.98. The second kappa shape index (κ2) is 4.03. The maximum absolute atomic E-state index is 13.4. The van der Waals surface area contributed by atoms with Crippen molar-refractivity contribution in [3.8, 4) is 11.3 Å². The van der Waals surface area contributed by atoms with Gasteiger partial charge in [0.2, 0.25) is 0 Å². The molecule has 1 aromatic carbocycles. The van der Waals surface area contributed by atoms with E-state index in [-0.39, 0.29) is 11.7 Å². The molecule has 0 aliphatic heterocycles. The topological polar surface area (TPSA) is 26.0 Å². The highest BCUT2D eigenvalue weighted by Crippen LogP contribution is 2.28. The number of benzene rings is 1. The zero-order valence-corrected chi connectivity index (χ0v) is 8.88. The van der Waals surface area contributed by atoms with Gasteiger partial charge in [0, 0.05) is 5.56 Å². The monoisotopic (exact) mass is 225 g/mol. The Hall–Kier alpha value is -1.35. The van der Waals surface area contributed by atoms with Crippen LogP contribution in [0.15, 0.2) is 28.8 Å². The molecular formula is C11H9ClFNO. The number of hydrogen-bond acceptors (Lipinski definition) is 2. The lowest BCUT2D eigenvalue weighted by molar-refractivity contribution is 0.424. The van der Waals surface area contributed by atoms with Gasteiger partial charge < -0.3 is 4.52 Å².